The summed E-state index contributed by atoms with van der Waals surface area (Å²) in [6, 6.07) is 7.01. The van der Waals surface area contributed by atoms with Crippen LogP contribution < -0.4 is 5.73 Å². The van der Waals surface area contributed by atoms with Crippen molar-refractivity contribution in [1.82, 2.24) is 0 Å². The van der Waals surface area contributed by atoms with E-state index in [0.29, 0.717) is 0 Å². The van der Waals surface area contributed by atoms with E-state index in [9.17, 15) is 0 Å². The first-order valence-electron chi connectivity index (χ1n) is 3.58. The van der Waals surface area contributed by atoms with Crippen molar-refractivity contribution in [1.29, 1.82) is 0 Å². The molecule has 0 aromatic heterocycles. The second-order valence-corrected chi connectivity index (χ2v) is 3.27. The van der Waals surface area contributed by atoms with E-state index in [1.54, 1.807) is 18.2 Å². The molecule has 0 amide bonds. The van der Waals surface area contributed by atoms with Gasteiger partial charge in [-0.15, -0.1) is 0 Å². The minimum atomic E-state index is -0.376. The molecule has 0 aliphatic carbocycles. The van der Waals surface area contributed by atoms with E-state index in [-0.39, 0.29) is 11.3 Å². The van der Waals surface area contributed by atoms with E-state index in [2.05, 4.69) is 0 Å². The van der Waals surface area contributed by atoms with Gasteiger partial charge in [-0.25, -0.2) is 0 Å². The highest BCUT2D eigenvalue weighted by Gasteiger charge is 2.13. The zero-order valence-electron chi connectivity index (χ0n) is 6.83. The molecule has 2 heteroatoms. The van der Waals surface area contributed by atoms with Gasteiger partial charge in [0.15, 0.2) is 0 Å². The summed E-state index contributed by atoms with van der Waals surface area (Å²) >= 11 is 0. The van der Waals surface area contributed by atoms with Gasteiger partial charge in [0.05, 0.1) is 0 Å². The Labute approximate surface area is 66.7 Å². The third kappa shape index (κ3) is 1.95. The minimum absolute atomic E-state index is 0.265. The number of nitrogens with two attached hydrogens (primary N) is 1. The molecule has 0 aliphatic rings. The van der Waals surface area contributed by atoms with Gasteiger partial charge in [-0.05, 0) is 31.5 Å². The molecule has 0 bridgehead atoms. The number of hydrogen-bond donors (Lipinski definition) is 2. The Morgan fingerprint density at radius 3 is 2.36 bits per heavy atom. The Kier molecular flexibility index (Phi) is 1.87. The number of aromatic hydroxyl groups is 1. The summed E-state index contributed by atoms with van der Waals surface area (Å²) in [5.74, 6) is 0.265. The van der Waals surface area contributed by atoms with Gasteiger partial charge in [-0.1, -0.05) is 12.1 Å². The fourth-order valence-corrected chi connectivity index (χ4v) is 0.907. The summed E-state index contributed by atoms with van der Waals surface area (Å²) in [5.41, 5.74) is 6.38. The highest BCUT2D eigenvalue weighted by atomic mass is 16.3. The maximum atomic E-state index is 9.12. The normalized spacial score (nSPS) is 11.5. The fraction of sp³-hybridized carbons (Fsp3) is 0.333. The maximum absolute atomic E-state index is 9.12. The Hall–Kier alpha value is -1.02. The van der Waals surface area contributed by atoms with Crippen molar-refractivity contribution in [3.63, 3.8) is 0 Å². The molecule has 0 saturated heterocycles. The lowest BCUT2D eigenvalue weighted by molar-refractivity contribution is 0.469. The van der Waals surface area contributed by atoms with E-state index < -0.39 is 0 Å². The summed E-state index contributed by atoms with van der Waals surface area (Å²) in [6.07, 6.45) is 0. The van der Waals surface area contributed by atoms with E-state index in [4.69, 9.17) is 10.8 Å². The molecule has 11 heavy (non-hydrogen) atoms. The van der Waals surface area contributed by atoms with Crippen LogP contribution in [0.4, 0.5) is 0 Å². The molecule has 1 rings (SSSR count). The number of benzene rings is 1. The minimum Gasteiger partial charge on any atom is -0.508 e. The Balaban J connectivity index is 3.06. The standard InChI is InChI=1S/C9H13NO/c1-9(2,10)7-4-3-5-8(11)6-7/h3-6,11H,10H2,1-2H3. The predicted molar refractivity (Wildman–Crippen MR) is 45.3 cm³/mol. The molecule has 0 spiro atoms. The lowest BCUT2D eigenvalue weighted by atomic mass is 9.96. The van der Waals surface area contributed by atoms with Crippen molar-refractivity contribution in [2.24, 2.45) is 5.73 Å². The monoisotopic (exact) mass is 151 g/mol. The molecular weight excluding hydrogens is 138 g/mol. The van der Waals surface area contributed by atoms with Gasteiger partial charge >= 0.3 is 0 Å². The van der Waals surface area contributed by atoms with Crippen LogP contribution in [0.3, 0.4) is 0 Å². The molecule has 60 valence electrons. The fourth-order valence-electron chi connectivity index (χ4n) is 0.907. The summed E-state index contributed by atoms with van der Waals surface area (Å²) in [4.78, 5) is 0. The molecule has 0 saturated carbocycles. The lowest BCUT2D eigenvalue weighted by Gasteiger charge is -2.18. The van der Waals surface area contributed by atoms with E-state index in [1.165, 1.54) is 0 Å². The third-order valence-corrected chi connectivity index (χ3v) is 1.59. The number of hydrogen-bond acceptors (Lipinski definition) is 2. The van der Waals surface area contributed by atoms with Gasteiger partial charge in [-0.3, -0.25) is 0 Å². The van der Waals surface area contributed by atoms with Gasteiger partial charge in [0.1, 0.15) is 5.75 Å². The Morgan fingerprint density at radius 2 is 2.00 bits per heavy atom. The van der Waals surface area contributed by atoms with Crippen LogP contribution in [-0.2, 0) is 5.54 Å². The topological polar surface area (TPSA) is 46.2 Å². The summed E-state index contributed by atoms with van der Waals surface area (Å²) < 4.78 is 0. The van der Waals surface area contributed by atoms with Crippen molar-refractivity contribution in [2.45, 2.75) is 19.4 Å². The van der Waals surface area contributed by atoms with Crippen molar-refractivity contribution < 1.29 is 5.11 Å². The zero-order valence-corrected chi connectivity index (χ0v) is 6.83. The third-order valence-electron chi connectivity index (χ3n) is 1.59. The lowest BCUT2D eigenvalue weighted by Crippen LogP contribution is -2.28. The maximum Gasteiger partial charge on any atom is 0.115 e. The van der Waals surface area contributed by atoms with E-state index >= 15 is 0 Å². The zero-order chi connectivity index (χ0) is 8.48. The molecule has 1 aromatic rings. The van der Waals surface area contributed by atoms with Crippen LogP contribution in [0.1, 0.15) is 19.4 Å². The number of phenolic OH excluding ortho intramolecular Hbond substituents is 1. The van der Waals surface area contributed by atoms with Crippen LogP contribution in [0.5, 0.6) is 5.75 Å². The van der Waals surface area contributed by atoms with Gasteiger partial charge in [-0.2, -0.15) is 0 Å². The van der Waals surface area contributed by atoms with E-state index in [1.807, 2.05) is 19.9 Å². The summed E-state index contributed by atoms with van der Waals surface area (Å²) in [6.45, 7) is 3.81. The molecule has 3 N–H and O–H groups in total. The molecule has 2 nitrogen and oxygen atoms in total. The van der Waals surface area contributed by atoms with Crippen LogP contribution in [-0.4, -0.2) is 5.11 Å². The summed E-state index contributed by atoms with van der Waals surface area (Å²) in [5, 5.41) is 9.12. The molecule has 0 radical (unpaired) electrons. The Morgan fingerprint density at radius 1 is 1.36 bits per heavy atom. The van der Waals surface area contributed by atoms with Gasteiger partial charge in [0, 0.05) is 5.54 Å². The first-order chi connectivity index (χ1) is 5.00. The van der Waals surface area contributed by atoms with E-state index in [0.717, 1.165) is 5.56 Å². The number of phenols is 1. The van der Waals surface area contributed by atoms with Crippen molar-refractivity contribution >= 4 is 0 Å². The van der Waals surface area contributed by atoms with Crippen LogP contribution >= 0.6 is 0 Å². The van der Waals surface area contributed by atoms with Gasteiger partial charge in [0.2, 0.25) is 0 Å². The average molecular weight is 151 g/mol. The Bertz CT molecular complexity index is 250. The van der Waals surface area contributed by atoms with Crippen LogP contribution in [0, 0.1) is 0 Å². The second-order valence-electron chi connectivity index (χ2n) is 3.27. The second kappa shape index (κ2) is 2.55. The first-order valence-corrected chi connectivity index (χ1v) is 3.58. The number of rotatable bonds is 1. The van der Waals surface area contributed by atoms with Crippen LogP contribution in [0.15, 0.2) is 24.3 Å². The summed E-state index contributed by atoms with van der Waals surface area (Å²) in [7, 11) is 0. The SMILES string of the molecule is CC(C)(N)c1cccc(O)c1. The van der Waals surface area contributed by atoms with Crippen molar-refractivity contribution in [2.75, 3.05) is 0 Å². The molecular formula is C9H13NO. The van der Waals surface area contributed by atoms with Gasteiger partial charge in [0.25, 0.3) is 0 Å². The first kappa shape index (κ1) is 8.08. The molecule has 0 aliphatic heterocycles. The average Bonchev–Trinajstić information content (AvgIpc) is 1.86. The highest BCUT2D eigenvalue weighted by Crippen LogP contribution is 2.20. The molecule has 0 heterocycles. The largest absolute Gasteiger partial charge is 0.508 e. The van der Waals surface area contributed by atoms with Crippen molar-refractivity contribution in [3.8, 4) is 5.75 Å². The molecule has 1 aromatic carbocycles. The highest BCUT2D eigenvalue weighted by molar-refractivity contribution is 5.31. The molecule has 0 fully saturated rings. The van der Waals surface area contributed by atoms with Crippen LogP contribution in [0.2, 0.25) is 0 Å². The van der Waals surface area contributed by atoms with Crippen LogP contribution in [0.25, 0.3) is 0 Å². The molecule has 0 atom stereocenters. The van der Waals surface area contributed by atoms with Gasteiger partial charge < -0.3 is 10.8 Å². The predicted octanol–water partition coefficient (Wildman–Crippen LogP) is 1.59. The quantitative estimate of drug-likeness (QED) is 0.640. The molecule has 0 unspecified atom stereocenters. The van der Waals surface area contributed by atoms with Crippen molar-refractivity contribution in [3.05, 3.63) is 29.8 Å². The smallest absolute Gasteiger partial charge is 0.115 e.